The Morgan fingerprint density at radius 3 is 1.03 bits per heavy atom. The van der Waals surface area contributed by atoms with Gasteiger partial charge in [0.1, 0.15) is 0 Å². The van der Waals surface area contributed by atoms with Crippen LogP contribution in [0.1, 0.15) is 41.1 Å². The molecule has 0 spiro atoms. The molecule has 0 saturated heterocycles. The maximum absolute atomic E-state index is 8.25. The second kappa shape index (κ2) is 12.9. The molecule has 12 heteroatoms. The first-order chi connectivity index (χ1) is 14.5. The van der Waals surface area contributed by atoms with Gasteiger partial charge in [-0.1, -0.05) is 18.2 Å². The average molecular weight is 491 g/mol. The van der Waals surface area contributed by atoms with Crippen LogP contribution >= 0.6 is 0 Å². The van der Waals surface area contributed by atoms with Crippen LogP contribution in [0.3, 0.4) is 0 Å². The molecule has 3 aromatic heterocycles. The molecule has 3 aromatic rings. The molecule has 0 aliphatic carbocycles. The Bertz CT molecular complexity index is 919. The van der Waals surface area contributed by atoms with Gasteiger partial charge < -0.3 is 30.6 Å². The minimum absolute atomic E-state index is 0. The Kier molecular flexibility index (Phi) is 11.5. The third kappa shape index (κ3) is 8.62. The Hall–Kier alpha value is -3.63. The maximum Gasteiger partial charge on any atom is 2.00 e. The van der Waals surface area contributed by atoms with Crippen molar-refractivity contribution in [1.29, 1.82) is 0 Å². The summed E-state index contributed by atoms with van der Waals surface area (Å²) in [6.07, 6.45) is 0. The van der Waals surface area contributed by atoms with E-state index < -0.39 is 15.6 Å². The SMILES string of the molecule is Cc1cccc(C(C)(c2cccc(C)n2)c2cccc(C)n2)n1.O=[N+]([O-])[O-].O=[N+]([O-])[O-].[Cu+2]. The van der Waals surface area contributed by atoms with Gasteiger partial charge in [0.25, 0.3) is 0 Å². The van der Waals surface area contributed by atoms with E-state index in [2.05, 4.69) is 25.1 Å². The molecule has 0 amide bonds. The molecule has 0 N–H and O–H groups in total. The number of pyridine rings is 3. The zero-order valence-corrected chi connectivity index (χ0v) is 18.6. The smallest absolute Gasteiger partial charge is 0.356 e. The molecule has 0 fully saturated rings. The van der Waals surface area contributed by atoms with Crippen LogP contribution in [0.4, 0.5) is 0 Å². The monoisotopic (exact) mass is 490 g/mol. The minimum Gasteiger partial charge on any atom is -0.356 e. The molecule has 0 atom stereocenters. The van der Waals surface area contributed by atoms with Crippen LogP contribution in [-0.4, -0.2) is 25.1 Å². The quantitative estimate of drug-likeness (QED) is 0.301. The predicted molar refractivity (Wildman–Crippen MR) is 113 cm³/mol. The van der Waals surface area contributed by atoms with E-state index in [-0.39, 0.29) is 17.1 Å². The van der Waals surface area contributed by atoms with Crippen molar-refractivity contribution in [2.24, 2.45) is 0 Å². The maximum atomic E-state index is 8.25. The fourth-order valence-electron chi connectivity index (χ4n) is 2.86. The summed E-state index contributed by atoms with van der Waals surface area (Å²) in [6, 6.07) is 18.3. The fraction of sp³-hybridized carbons (Fsp3) is 0.250. The molecule has 0 bridgehead atoms. The summed E-state index contributed by atoms with van der Waals surface area (Å²) < 4.78 is 0. The zero-order valence-electron chi connectivity index (χ0n) is 17.7. The largest absolute Gasteiger partial charge is 2.00 e. The van der Waals surface area contributed by atoms with Crippen LogP contribution < -0.4 is 0 Å². The predicted octanol–water partition coefficient (Wildman–Crippen LogP) is 3.67. The van der Waals surface area contributed by atoms with Crippen molar-refractivity contribution >= 4 is 0 Å². The third-order valence-corrected chi connectivity index (χ3v) is 4.20. The van der Waals surface area contributed by atoms with Crippen LogP contribution in [0.15, 0.2) is 54.6 Å². The van der Waals surface area contributed by atoms with Crippen molar-refractivity contribution in [3.63, 3.8) is 0 Å². The summed E-state index contributed by atoms with van der Waals surface area (Å²) in [5, 5.41) is 29.5. The molecule has 11 nitrogen and oxygen atoms in total. The van der Waals surface area contributed by atoms with E-state index in [1.807, 2.05) is 57.2 Å². The number of rotatable bonds is 3. The van der Waals surface area contributed by atoms with Crippen LogP contribution in [-0.2, 0) is 22.5 Å². The standard InChI is InChI=1S/C20H21N3.Cu.2NO3/c1-14-8-5-11-17(21-14)20(4,18-12-6-9-15(2)22-18)19-13-7-10-16(3)23-19;;2*2-1(3)4/h5-13H,1-4H3;;;/q;+2;2*-1. The van der Waals surface area contributed by atoms with Crippen molar-refractivity contribution in [1.82, 2.24) is 15.0 Å². The van der Waals surface area contributed by atoms with Gasteiger partial charge in [-0.05, 0) is 64.1 Å². The molecule has 32 heavy (non-hydrogen) atoms. The van der Waals surface area contributed by atoms with E-state index in [1.54, 1.807) is 0 Å². The summed E-state index contributed by atoms with van der Waals surface area (Å²) in [7, 11) is 0. The zero-order chi connectivity index (χ0) is 23.6. The van der Waals surface area contributed by atoms with E-state index in [1.165, 1.54) is 0 Å². The van der Waals surface area contributed by atoms with E-state index in [0.29, 0.717) is 0 Å². The van der Waals surface area contributed by atoms with Gasteiger partial charge in [0.05, 0.1) is 32.7 Å². The number of aromatic nitrogens is 3. The third-order valence-electron chi connectivity index (χ3n) is 4.20. The van der Waals surface area contributed by atoms with E-state index >= 15 is 0 Å². The van der Waals surface area contributed by atoms with Gasteiger partial charge in [-0.2, -0.15) is 0 Å². The number of hydrogen-bond acceptors (Lipinski definition) is 9. The van der Waals surface area contributed by atoms with Gasteiger partial charge in [-0.3, -0.25) is 15.0 Å². The van der Waals surface area contributed by atoms with Gasteiger partial charge >= 0.3 is 17.1 Å². The molecular weight excluding hydrogens is 470 g/mol. The van der Waals surface area contributed by atoms with Gasteiger partial charge in [0.15, 0.2) is 0 Å². The minimum atomic E-state index is -1.75. The molecule has 0 unspecified atom stereocenters. The summed E-state index contributed by atoms with van der Waals surface area (Å²) in [6.45, 7) is 8.18. The second-order valence-electron chi connectivity index (χ2n) is 6.56. The van der Waals surface area contributed by atoms with Crippen LogP contribution in [0.2, 0.25) is 0 Å². The first-order valence-electron chi connectivity index (χ1n) is 8.92. The molecule has 0 aromatic carbocycles. The molecule has 173 valence electrons. The number of aryl methyl sites for hydroxylation is 3. The van der Waals surface area contributed by atoms with Crippen molar-refractivity contribution < 1.29 is 27.2 Å². The summed E-state index contributed by atoms with van der Waals surface area (Å²) in [4.78, 5) is 30.8. The van der Waals surface area contributed by atoms with E-state index in [0.717, 1.165) is 34.2 Å². The van der Waals surface area contributed by atoms with Crippen molar-refractivity contribution in [3.8, 4) is 0 Å². The summed E-state index contributed by atoms with van der Waals surface area (Å²) in [5.41, 5.74) is 5.40. The fourth-order valence-corrected chi connectivity index (χ4v) is 2.86. The summed E-state index contributed by atoms with van der Waals surface area (Å²) in [5.74, 6) is 0. The normalized spacial score (nSPS) is 9.75. The van der Waals surface area contributed by atoms with Gasteiger partial charge in [0.2, 0.25) is 0 Å². The Labute approximate surface area is 194 Å². The van der Waals surface area contributed by atoms with Crippen molar-refractivity contribution in [3.05, 3.63) is 119 Å². The molecule has 0 saturated carbocycles. The number of nitrogens with zero attached hydrogens (tertiary/aromatic N) is 5. The van der Waals surface area contributed by atoms with E-state index in [9.17, 15) is 0 Å². The topological polar surface area (TPSA) is 171 Å². The molecular formula is C20H21CuN5O6. The van der Waals surface area contributed by atoms with Crippen LogP contribution in [0.5, 0.6) is 0 Å². The summed E-state index contributed by atoms with van der Waals surface area (Å²) >= 11 is 0. The molecule has 0 aliphatic heterocycles. The van der Waals surface area contributed by atoms with Gasteiger partial charge in [-0.15, -0.1) is 0 Å². The average Bonchev–Trinajstić information content (AvgIpc) is 2.66. The van der Waals surface area contributed by atoms with Gasteiger partial charge in [0, 0.05) is 17.1 Å². The molecule has 0 aliphatic rings. The molecule has 1 radical (unpaired) electrons. The Morgan fingerprint density at radius 2 is 0.844 bits per heavy atom. The Balaban J connectivity index is 0.000000928. The van der Waals surface area contributed by atoms with Crippen molar-refractivity contribution in [2.45, 2.75) is 33.1 Å². The Morgan fingerprint density at radius 1 is 0.625 bits per heavy atom. The first-order valence-corrected chi connectivity index (χ1v) is 8.92. The van der Waals surface area contributed by atoms with Gasteiger partial charge in [-0.25, -0.2) is 0 Å². The first kappa shape index (κ1) is 28.4. The molecule has 3 rings (SSSR count). The van der Waals surface area contributed by atoms with Crippen LogP contribution in [0, 0.1) is 51.4 Å². The number of hydrogen-bond donors (Lipinski definition) is 0. The van der Waals surface area contributed by atoms with E-state index in [4.69, 9.17) is 45.6 Å². The second-order valence-corrected chi connectivity index (χ2v) is 6.56. The molecule has 3 heterocycles. The van der Waals surface area contributed by atoms with Crippen LogP contribution in [0.25, 0.3) is 0 Å². The van der Waals surface area contributed by atoms with Crippen molar-refractivity contribution in [2.75, 3.05) is 0 Å².